The van der Waals surface area contributed by atoms with Crippen LogP contribution in [0.5, 0.6) is 0 Å². The minimum atomic E-state index is -0.222. The van der Waals surface area contributed by atoms with Gasteiger partial charge in [-0.1, -0.05) is 104 Å². The molecule has 1 aliphatic carbocycles. The number of halogens is 2. The molecule has 0 nitrogen and oxygen atoms in total. The minimum Gasteiger partial charge on any atom is -0.206 e. The summed E-state index contributed by atoms with van der Waals surface area (Å²) < 4.78 is 15.7. The van der Waals surface area contributed by atoms with Crippen LogP contribution < -0.4 is 0 Å². The third kappa shape index (κ3) is 4.26. The van der Waals surface area contributed by atoms with Crippen LogP contribution in [0.15, 0.2) is 103 Å². The molecule has 1 aliphatic rings. The smallest absolute Gasteiger partial charge is 0.131 e. The molecule has 0 amide bonds. The van der Waals surface area contributed by atoms with Crippen LogP contribution in [0.4, 0.5) is 4.39 Å². The Morgan fingerprint density at radius 3 is 1.79 bits per heavy atom. The van der Waals surface area contributed by atoms with Gasteiger partial charge in [0.1, 0.15) is 5.82 Å². The van der Waals surface area contributed by atoms with Crippen molar-refractivity contribution in [2.45, 2.75) is 37.5 Å². The van der Waals surface area contributed by atoms with Crippen molar-refractivity contribution in [3.63, 3.8) is 0 Å². The summed E-state index contributed by atoms with van der Waals surface area (Å²) in [6.45, 7) is 0. The van der Waals surface area contributed by atoms with Gasteiger partial charge in [0.25, 0.3) is 0 Å². The maximum absolute atomic E-state index is 14.5. The van der Waals surface area contributed by atoms with Crippen LogP contribution in [0.25, 0.3) is 11.1 Å². The standard InChI is InChI=1S/C31H28FI/c32-30-14-8-7-13-29(30)23-15-17-26(18-16-23)31(24-9-3-1-4-10-24,25-11-5-2-6-12-25)27-19-21-28(33)22-20-27/h1,3-4,7-10,13-22,25H,2,5-6,11-12H2. The first kappa shape index (κ1) is 22.3. The molecule has 0 N–H and O–H groups in total. The maximum atomic E-state index is 14.5. The molecule has 0 saturated heterocycles. The van der Waals surface area contributed by atoms with E-state index in [2.05, 4.69) is 101 Å². The van der Waals surface area contributed by atoms with E-state index in [1.54, 1.807) is 6.07 Å². The normalized spacial score (nSPS) is 16.3. The van der Waals surface area contributed by atoms with Gasteiger partial charge in [-0.05, 0) is 81.8 Å². The van der Waals surface area contributed by atoms with Crippen LogP contribution in [-0.2, 0) is 5.41 Å². The molecule has 33 heavy (non-hydrogen) atoms. The van der Waals surface area contributed by atoms with Crippen molar-refractivity contribution in [2.75, 3.05) is 0 Å². The first-order valence-electron chi connectivity index (χ1n) is 11.9. The molecule has 0 radical (unpaired) electrons. The van der Waals surface area contributed by atoms with Gasteiger partial charge in [0.2, 0.25) is 0 Å². The second-order valence-electron chi connectivity index (χ2n) is 9.07. The van der Waals surface area contributed by atoms with Gasteiger partial charge < -0.3 is 0 Å². The third-order valence-corrected chi connectivity index (χ3v) is 7.99. The quantitative estimate of drug-likeness (QED) is 0.173. The largest absolute Gasteiger partial charge is 0.206 e. The lowest BCUT2D eigenvalue weighted by molar-refractivity contribution is 0.271. The molecule has 1 fully saturated rings. The van der Waals surface area contributed by atoms with Gasteiger partial charge in [0.15, 0.2) is 0 Å². The summed E-state index contributed by atoms with van der Waals surface area (Å²) in [5.41, 5.74) is 5.34. The molecule has 0 spiro atoms. The Kier molecular flexibility index (Phi) is 6.64. The van der Waals surface area contributed by atoms with E-state index in [4.69, 9.17) is 0 Å². The average Bonchev–Trinajstić information content (AvgIpc) is 2.88. The molecule has 5 rings (SSSR count). The van der Waals surface area contributed by atoms with Crippen LogP contribution in [0.2, 0.25) is 0 Å². The second kappa shape index (κ2) is 9.80. The molecule has 4 aromatic carbocycles. The van der Waals surface area contributed by atoms with E-state index in [1.807, 2.05) is 12.1 Å². The topological polar surface area (TPSA) is 0 Å². The molecule has 2 heteroatoms. The van der Waals surface area contributed by atoms with Gasteiger partial charge in [-0.15, -0.1) is 0 Å². The Morgan fingerprint density at radius 1 is 0.606 bits per heavy atom. The fraction of sp³-hybridized carbons (Fsp3) is 0.226. The fourth-order valence-corrected chi connectivity index (χ4v) is 6.12. The minimum absolute atomic E-state index is 0.176. The Balaban J connectivity index is 1.72. The van der Waals surface area contributed by atoms with E-state index in [0.29, 0.717) is 11.5 Å². The lowest BCUT2D eigenvalue weighted by Gasteiger charge is -2.44. The monoisotopic (exact) mass is 546 g/mol. The van der Waals surface area contributed by atoms with Gasteiger partial charge in [-0.3, -0.25) is 0 Å². The van der Waals surface area contributed by atoms with Crippen LogP contribution in [-0.4, -0.2) is 0 Å². The van der Waals surface area contributed by atoms with Gasteiger partial charge in [-0.25, -0.2) is 4.39 Å². The summed E-state index contributed by atoms with van der Waals surface area (Å²) in [5, 5.41) is 0. The van der Waals surface area contributed by atoms with Crippen LogP contribution in [0.1, 0.15) is 48.8 Å². The first-order chi connectivity index (χ1) is 16.2. The second-order valence-corrected chi connectivity index (χ2v) is 10.3. The Bertz CT molecular complexity index is 1190. The molecular formula is C31H28FI. The van der Waals surface area contributed by atoms with Crippen LogP contribution in [0, 0.1) is 15.3 Å². The lowest BCUT2D eigenvalue weighted by Crippen LogP contribution is -2.39. The zero-order valence-corrected chi connectivity index (χ0v) is 20.8. The summed E-state index contributed by atoms with van der Waals surface area (Å²) in [6, 6.07) is 35.8. The van der Waals surface area contributed by atoms with E-state index < -0.39 is 0 Å². The molecule has 1 saturated carbocycles. The molecule has 0 bridgehead atoms. The fourth-order valence-electron chi connectivity index (χ4n) is 5.76. The summed E-state index contributed by atoms with van der Waals surface area (Å²) in [4.78, 5) is 0. The SMILES string of the molecule is Fc1ccccc1-c1ccc(C(c2ccccc2)(c2ccc(I)cc2)C2CCCCC2)cc1. The van der Waals surface area contributed by atoms with Gasteiger partial charge in [0, 0.05) is 14.5 Å². The molecule has 0 heterocycles. The maximum Gasteiger partial charge on any atom is 0.131 e. The number of rotatable bonds is 5. The Labute approximate surface area is 210 Å². The highest BCUT2D eigenvalue weighted by atomic mass is 127. The predicted octanol–water partition coefficient (Wildman–Crippen LogP) is 9.01. The van der Waals surface area contributed by atoms with E-state index >= 15 is 0 Å². The number of hydrogen-bond acceptors (Lipinski definition) is 0. The highest BCUT2D eigenvalue weighted by Crippen LogP contribution is 2.50. The van der Waals surface area contributed by atoms with E-state index in [1.165, 1.54) is 58.4 Å². The third-order valence-electron chi connectivity index (χ3n) is 7.27. The molecule has 0 aromatic heterocycles. The first-order valence-corrected chi connectivity index (χ1v) is 12.9. The van der Waals surface area contributed by atoms with Crippen molar-refractivity contribution in [2.24, 2.45) is 5.92 Å². The van der Waals surface area contributed by atoms with Crippen molar-refractivity contribution in [1.82, 2.24) is 0 Å². The summed E-state index contributed by atoms with van der Waals surface area (Å²) >= 11 is 2.39. The number of benzene rings is 4. The predicted molar refractivity (Wildman–Crippen MR) is 144 cm³/mol. The zero-order valence-electron chi connectivity index (χ0n) is 18.7. The lowest BCUT2D eigenvalue weighted by atomic mass is 9.58. The summed E-state index contributed by atoms with van der Waals surface area (Å²) in [6.07, 6.45) is 6.31. The Hall–Kier alpha value is -2.46. The Morgan fingerprint density at radius 2 is 1.15 bits per heavy atom. The molecule has 4 aromatic rings. The molecule has 166 valence electrons. The molecular weight excluding hydrogens is 518 g/mol. The van der Waals surface area contributed by atoms with Crippen molar-refractivity contribution in [1.29, 1.82) is 0 Å². The van der Waals surface area contributed by atoms with Crippen molar-refractivity contribution < 1.29 is 4.39 Å². The van der Waals surface area contributed by atoms with E-state index in [9.17, 15) is 4.39 Å². The zero-order chi connectivity index (χ0) is 22.7. The number of hydrogen-bond donors (Lipinski definition) is 0. The molecule has 1 unspecified atom stereocenters. The van der Waals surface area contributed by atoms with Gasteiger partial charge >= 0.3 is 0 Å². The van der Waals surface area contributed by atoms with Crippen LogP contribution in [0.3, 0.4) is 0 Å². The van der Waals surface area contributed by atoms with Gasteiger partial charge in [0.05, 0.1) is 0 Å². The van der Waals surface area contributed by atoms with Gasteiger partial charge in [-0.2, -0.15) is 0 Å². The molecule has 1 atom stereocenters. The van der Waals surface area contributed by atoms with E-state index in [0.717, 1.165) is 5.56 Å². The van der Waals surface area contributed by atoms with Crippen LogP contribution >= 0.6 is 22.6 Å². The van der Waals surface area contributed by atoms with Crippen molar-refractivity contribution in [3.8, 4) is 11.1 Å². The molecule has 0 aliphatic heterocycles. The van der Waals surface area contributed by atoms with E-state index in [-0.39, 0.29) is 11.2 Å². The van der Waals surface area contributed by atoms with Crippen molar-refractivity contribution >= 4 is 22.6 Å². The summed E-state index contributed by atoms with van der Waals surface area (Å²) in [5.74, 6) is 0.345. The highest BCUT2D eigenvalue weighted by Gasteiger charge is 2.43. The average molecular weight is 546 g/mol. The summed E-state index contributed by atoms with van der Waals surface area (Å²) in [7, 11) is 0. The highest BCUT2D eigenvalue weighted by molar-refractivity contribution is 14.1. The van der Waals surface area contributed by atoms with Crippen molar-refractivity contribution in [3.05, 3.63) is 129 Å².